The average molecular weight is 389 g/mol. The van der Waals surface area contributed by atoms with E-state index in [0.29, 0.717) is 0 Å². The van der Waals surface area contributed by atoms with Crippen LogP contribution in [0.1, 0.15) is 60.5 Å². The minimum atomic E-state index is -0.975. The molecule has 9 nitrogen and oxygen atoms in total. The molecule has 2 saturated carbocycles. The van der Waals surface area contributed by atoms with Gasteiger partial charge in [-0.1, -0.05) is 6.07 Å². The fraction of sp³-hybridized carbons (Fsp3) is 0.526. The summed E-state index contributed by atoms with van der Waals surface area (Å²) in [5.74, 6) is -2.40. The fourth-order valence-corrected chi connectivity index (χ4v) is 2.30. The smallest absolute Gasteiger partial charge is 0.357 e. The lowest BCUT2D eigenvalue weighted by atomic mass is 10.3. The number of aromatic nitrogens is 1. The number of carbonyl (C=O) groups is 4. The summed E-state index contributed by atoms with van der Waals surface area (Å²) >= 11 is 0. The second-order valence-electron chi connectivity index (χ2n) is 7.07. The Balaban J connectivity index is 1.55. The topological polar surface area (TPSA) is 124 Å². The molecule has 2 atom stereocenters. The van der Waals surface area contributed by atoms with Crippen molar-refractivity contribution in [3.8, 4) is 0 Å². The van der Waals surface area contributed by atoms with Gasteiger partial charge in [0.15, 0.2) is 12.2 Å². The van der Waals surface area contributed by atoms with Gasteiger partial charge in [-0.25, -0.2) is 14.6 Å². The van der Waals surface area contributed by atoms with Crippen molar-refractivity contribution in [1.82, 2.24) is 15.6 Å². The van der Waals surface area contributed by atoms with Gasteiger partial charge in [0.1, 0.15) is 11.4 Å². The Morgan fingerprint density at radius 2 is 1.25 bits per heavy atom. The van der Waals surface area contributed by atoms with E-state index in [0.717, 1.165) is 25.7 Å². The number of ether oxygens (including phenoxy) is 2. The number of carbonyl (C=O) groups excluding carboxylic acids is 4. The van der Waals surface area contributed by atoms with E-state index >= 15 is 0 Å². The molecule has 150 valence electrons. The number of nitrogens with zero attached hydrogens (tertiary/aromatic N) is 1. The van der Waals surface area contributed by atoms with E-state index in [4.69, 9.17) is 9.47 Å². The Labute approximate surface area is 162 Å². The third-order valence-electron chi connectivity index (χ3n) is 4.32. The van der Waals surface area contributed by atoms with E-state index < -0.39 is 24.1 Å². The van der Waals surface area contributed by atoms with Crippen molar-refractivity contribution >= 4 is 23.8 Å². The Hall–Kier alpha value is -2.97. The molecule has 2 unspecified atom stereocenters. The first-order valence-electron chi connectivity index (χ1n) is 9.33. The maximum atomic E-state index is 12.2. The second-order valence-corrected chi connectivity index (χ2v) is 7.07. The number of esters is 2. The molecule has 0 bridgehead atoms. The molecule has 1 heterocycles. The Kier molecular flexibility index (Phi) is 5.91. The van der Waals surface area contributed by atoms with Crippen LogP contribution >= 0.6 is 0 Å². The van der Waals surface area contributed by atoms with Crippen LogP contribution in [0, 0.1) is 0 Å². The zero-order valence-corrected chi connectivity index (χ0v) is 15.8. The van der Waals surface area contributed by atoms with Gasteiger partial charge in [-0.2, -0.15) is 0 Å². The van der Waals surface area contributed by atoms with Crippen molar-refractivity contribution in [1.29, 1.82) is 0 Å². The number of hydrogen-bond acceptors (Lipinski definition) is 7. The number of pyridine rings is 1. The third-order valence-corrected chi connectivity index (χ3v) is 4.32. The average Bonchev–Trinajstić information content (AvgIpc) is 3.58. The molecule has 28 heavy (non-hydrogen) atoms. The highest BCUT2D eigenvalue weighted by Gasteiger charge is 2.29. The molecule has 2 aliphatic rings. The molecule has 2 amide bonds. The van der Waals surface area contributed by atoms with Gasteiger partial charge in [-0.15, -0.1) is 0 Å². The number of amides is 2. The predicted octanol–water partition coefficient (Wildman–Crippen LogP) is 0.729. The van der Waals surface area contributed by atoms with Gasteiger partial charge in [0, 0.05) is 12.1 Å². The molecular formula is C19H23N3O6. The number of rotatable bonds is 8. The Morgan fingerprint density at radius 3 is 1.61 bits per heavy atom. The first-order valence-corrected chi connectivity index (χ1v) is 9.33. The van der Waals surface area contributed by atoms with Crippen molar-refractivity contribution in [3.63, 3.8) is 0 Å². The zero-order chi connectivity index (χ0) is 20.3. The van der Waals surface area contributed by atoms with Crippen molar-refractivity contribution in [2.24, 2.45) is 0 Å². The summed E-state index contributed by atoms with van der Waals surface area (Å²) < 4.78 is 10.2. The first-order chi connectivity index (χ1) is 13.3. The summed E-state index contributed by atoms with van der Waals surface area (Å²) in [5, 5.41) is 5.48. The van der Waals surface area contributed by atoms with E-state index in [2.05, 4.69) is 15.6 Å². The SMILES string of the molecule is CC(OC(=O)c1cccc(C(=O)OC(C)C(=O)NC2CC2)n1)C(=O)NC1CC1. The summed E-state index contributed by atoms with van der Waals surface area (Å²) in [6, 6.07) is 4.50. The van der Waals surface area contributed by atoms with Gasteiger partial charge in [0.2, 0.25) is 0 Å². The summed E-state index contributed by atoms with van der Waals surface area (Å²) in [5.41, 5.74) is -0.258. The largest absolute Gasteiger partial charge is 0.448 e. The minimum Gasteiger partial charge on any atom is -0.448 e. The standard InChI is InChI=1S/C19H23N3O6/c1-10(16(23)20-12-6-7-12)27-18(25)14-4-3-5-15(22-14)19(26)28-11(2)17(24)21-13-8-9-13/h3-5,10-13H,6-9H2,1-2H3,(H,20,23)(H,21,24). The molecule has 0 aromatic carbocycles. The van der Waals surface area contributed by atoms with E-state index in [1.54, 1.807) is 0 Å². The van der Waals surface area contributed by atoms with Crippen molar-refractivity contribution < 1.29 is 28.7 Å². The van der Waals surface area contributed by atoms with Gasteiger partial charge >= 0.3 is 11.9 Å². The Bertz CT molecular complexity index is 726. The second kappa shape index (κ2) is 8.37. The predicted molar refractivity (Wildman–Crippen MR) is 96.3 cm³/mol. The van der Waals surface area contributed by atoms with Crippen LogP contribution in [0.3, 0.4) is 0 Å². The summed E-state index contributed by atoms with van der Waals surface area (Å²) in [7, 11) is 0. The van der Waals surface area contributed by atoms with Gasteiger partial charge in [0.25, 0.3) is 11.8 Å². The van der Waals surface area contributed by atoms with Crippen molar-refractivity contribution in [2.45, 2.75) is 63.8 Å². The molecule has 0 radical (unpaired) electrons. The van der Waals surface area contributed by atoms with Crippen LogP contribution in [0.5, 0.6) is 0 Å². The van der Waals surface area contributed by atoms with Gasteiger partial charge in [0.05, 0.1) is 0 Å². The maximum absolute atomic E-state index is 12.2. The van der Waals surface area contributed by atoms with Crippen LogP contribution < -0.4 is 10.6 Å². The first kappa shape index (κ1) is 19.8. The summed E-state index contributed by atoms with van der Waals surface area (Å²) in [4.78, 5) is 52.1. The van der Waals surface area contributed by atoms with Crippen molar-refractivity contribution in [2.75, 3.05) is 0 Å². The lowest BCUT2D eigenvalue weighted by molar-refractivity contribution is -0.129. The quantitative estimate of drug-likeness (QED) is 0.628. The van der Waals surface area contributed by atoms with Gasteiger partial charge < -0.3 is 20.1 Å². The molecular weight excluding hydrogens is 366 g/mol. The van der Waals surface area contributed by atoms with Crippen LogP contribution in [-0.4, -0.2) is 53.0 Å². The highest BCUT2D eigenvalue weighted by atomic mass is 16.6. The molecule has 2 aliphatic carbocycles. The highest BCUT2D eigenvalue weighted by molar-refractivity contribution is 5.94. The van der Waals surface area contributed by atoms with Crippen LogP contribution in [0.15, 0.2) is 18.2 Å². The summed E-state index contributed by atoms with van der Waals surface area (Å²) in [6.07, 6.45) is 1.75. The monoisotopic (exact) mass is 389 g/mol. The molecule has 0 aliphatic heterocycles. The highest BCUT2D eigenvalue weighted by Crippen LogP contribution is 2.19. The molecule has 1 aromatic heterocycles. The zero-order valence-electron chi connectivity index (χ0n) is 15.8. The van der Waals surface area contributed by atoms with Crippen LogP contribution in [0.4, 0.5) is 0 Å². The summed E-state index contributed by atoms with van der Waals surface area (Å²) in [6.45, 7) is 2.93. The van der Waals surface area contributed by atoms with Crippen LogP contribution in [0.25, 0.3) is 0 Å². The van der Waals surface area contributed by atoms with Gasteiger partial charge in [-0.05, 0) is 51.7 Å². The normalized spacial score (nSPS) is 17.8. The molecule has 2 N–H and O–H groups in total. The maximum Gasteiger partial charge on any atom is 0.357 e. The van der Waals surface area contributed by atoms with E-state index in [1.165, 1.54) is 32.0 Å². The van der Waals surface area contributed by atoms with E-state index in [1.807, 2.05) is 0 Å². The molecule has 3 rings (SSSR count). The third kappa shape index (κ3) is 5.51. The van der Waals surface area contributed by atoms with E-state index in [-0.39, 0.29) is 35.3 Å². The fourth-order valence-electron chi connectivity index (χ4n) is 2.30. The molecule has 0 saturated heterocycles. The molecule has 0 spiro atoms. The molecule has 9 heteroatoms. The van der Waals surface area contributed by atoms with Crippen LogP contribution in [-0.2, 0) is 19.1 Å². The number of hydrogen-bond donors (Lipinski definition) is 2. The van der Waals surface area contributed by atoms with E-state index in [9.17, 15) is 19.2 Å². The van der Waals surface area contributed by atoms with Crippen LogP contribution in [0.2, 0.25) is 0 Å². The molecule has 2 fully saturated rings. The minimum absolute atomic E-state index is 0.129. The van der Waals surface area contributed by atoms with Crippen molar-refractivity contribution in [3.05, 3.63) is 29.6 Å². The lowest BCUT2D eigenvalue weighted by Gasteiger charge is -2.14. The molecule has 1 aromatic rings. The Morgan fingerprint density at radius 1 is 0.857 bits per heavy atom. The lowest BCUT2D eigenvalue weighted by Crippen LogP contribution is -2.37. The van der Waals surface area contributed by atoms with Gasteiger partial charge in [-0.3, -0.25) is 9.59 Å². The number of nitrogens with one attached hydrogen (secondary N) is 2.